The third-order valence-electron chi connectivity index (χ3n) is 3.48. The Balaban J connectivity index is 1.69. The van der Waals surface area contributed by atoms with Gasteiger partial charge in [-0.2, -0.15) is 0 Å². The number of halogens is 1. The lowest BCUT2D eigenvalue weighted by molar-refractivity contribution is 0.0655. The number of pyridine rings is 1. The lowest BCUT2D eigenvalue weighted by Crippen LogP contribution is -2.38. The minimum absolute atomic E-state index is 0.0595. The van der Waals surface area contributed by atoms with E-state index in [1.807, 2.05) is 0 Å². The molecule has 0 saturated carbocycles. The lowest BCUT2D eigenvalue weighted by Gasteiger charge is -2.14. The Bertz CT molecular complexity index is 895. The summed E-state index contributed by atoms with van der Waals surface area (Å²) < 4.78 is 26.8. The number of hydrogen-bond acceptors (Lipinski definition) is 5. The van der Waals surface area contributed by atoms with E-state index in [2.05, 4.69) is 9.71 Å². The molecule has 0 saturated heterocycles. The van der Waals surface area contributed by atoms with Crippen molar-refractivity contribution in [1.82, 2.24) is 14.6 Å². The average molecular weight is 366 g/mol. The summed E-state index contributed by atoms with van der Waals surface area (Å²) in [5.41, 5.74) is 0.299. The van der Waals surface area contributed by atoms with Gasteiger partial charge in [0.15, 0.2) is 0 Å². The molecule has 24 heavy (non-hydrogen) atoms. The maximum absolute atomic E-state index is 12.2. The quantitative estimate of drug-likeness (QED) is 0.806. The van der Waals surface area contributed by atoms with Crippen LogP contribution in [-0.2, 0) is 10.0 Å². The Morgan fingerprint density at radius 2 is 1.83 bits per heavy atom. The summed E-state index contributed by atoms with van der Waals surface area (Å²) in [6.45, 7) is -0.225. The zero-order valence-corrected chi connectivity index (χ0v) is 13.8. The number of benzene rings is 1. The Kier molecular flexibility index (Phi) is 4.35. The molecule has 1 N–H and O–H groups in total. The van der Waals surface area contributed by atoms with Crippen molar-refractivity contribution >= 4 is 33.4 Å². The standard InChI is InChI=1S/C15H12ClN3O4S/c16-11-5-1-2-6-12(11)24(22,23)18-8-9-19-14(20)10-4-3-7-17-13(10)15(19)21/h1-7,18H,8-9H2. The number of amides is 2. The fourth-order valence-corrected chi connectivity index (χ4v) is 3.89. The topological polar surface area (TPSA) is 96.4 Å². The highest BCUT2D eigenvalue weighted by Crippen LogP contribution is 2.21. The summed E-state index contributed by atoms with van der Waals surface area (Å²) in [5.74, 6) is -1.02. The zero-order valence-electron chi connectivity index (χ0n) is 12.3. The predicted molar refractivity (Wildman–Crippen MR) is 86.2 cm³/mol. The van der Waals surface area contributed by atoms with Crippen molar-refractivity contribution in [2.75, 3.05) is 13.1 Å². The van der Waals surface area contributed by atoms with Crippen molar-refractivity contribution in [3.63, 3.8) is 0 Å². The minimum atomic E-state index is -3.83. The van der Waals surface area contributed by atoms with Crippen molar-refractivity contribution in [2.24, 2.45) is 0 Å². The highest BCUT2D eigenvalue weighted by molar-refractivity contribution is 7.89. The summed E-state index contributed by atoms with van der Waals surface area (Å²) in [6, 6.07) is 9.08. The van der Waals surface area contributed by atoms with Gasteiger partial charge in [0.05, 0.1) is 10.6 Å². The van der Waals surface area contributed by atoms with Gasteiger partial charge in [-0.3, -0.25) is 19.5 Å². The first-order chi connectivity index (χ1) is 11.4. The molecule has 2 heterocycles. The number of carbonyl (C=O) groups is 2. The maximum atomic E-state index is 12.2. The number of rotatable bonds is 5. The van der Waals surface area contributed by atoms with Crippen LogP contribution in [0.4, 0.5) is 0 Å². The van der Waals surface area contributed by atoms with Crippen molar-refractivity contribution in [3.05, 3.63) is 58.9 Å². The van der Waals surface area contributed by atoms with Crippen LogP contribution in [0.5, 0.6) is 0 Å². The van der Waals surface area contributed by atoms with E-state index in [1.165, 1.54) is 24.4 Å². The molecule has 1 aliphatic heterocycles. The lowest BCUT2D eigenvalue weighted by atomic mass is 10.2. The first-order valence-corrected chi connectivity index (χ1v) is 8.83. The van der Waals surface area contributed by atoms with E-state index in [0.29, 0.717) is 0 Å². The van der Waals surface area contributed by atoms with Crippen LogP contribution in [0.1, 0.15) is 20.8 Å². The van der Waals surface area contributed by atoms with Gasteiger partial charge in [-0.1, -0.05) is 23.7 Å². The van der Waals surface area contributed by atoms with Crippen molar-refractivity contribution in [1.29, 1.82) is 0 Å². The predicted octanol–water partition coefficient (Wildman–Crippen LogP) is 1.31. The fraction of sp³-hybridized carbons (Fsp3) is 0.133. The van der Waals surface area contributed by atoms with Gasteiger partial charge in [-0.05, 0) is 24.3 Å². The molecule has 7 nitrogen and oxygen atoms in total. The fourth-order valence-electron chi connectivity index (χ4n) is 2.35. The molecule has 0 radical (unpaired) electrons. The molecule has 1 aliphatic rings. The van der Waals surface area contributed by atoms with Gasteiger partial charge in [0.25, 0.3) is 11.8 Å². The second kappa shape index (κ2) is 6.31. The van der Waals surface area contributed by atoms with Gasteiger partial charge >= 0.3 is 0 Å². The molecule has 9 heteroatoms. The highest BCUT2D eigenvalue weighted by atomic mass is 35.5. The zero-order chi connectivity index (χ0) is 17.3. The third-order valence-corrected chi connectivity index (χ3v) is 5.45. The SMILES string of the molecule is O=C1c2cccnc2C(=O)N1CCNS(=O)(=O)c1ccccc1Cl. The van der Waals surface area contributed by atoms with Gasteiger partial charge in [0.2, 0.25) is 10.0 Å². The number of imide groups is 1. The second-order valence-corrected chi connectivity index (χ2v) is 7.13. The first kappa shape index (κ1) is 16.6. The minimum Gasteiger partial charge on any atom is -0.272 e. The van der Waals surface area contributed by atoms with E-state index in [0.717, 1.165) is 4.90 Å². The van der Waals surface area contributed by atoms with Crippen LogP contribution in [-0.4, -0.2) is 43.2 Å². The molecule has 0 unspecified atom stereocenters. The molecule has 0 fully saturated rings. The molecule has 1 aromatic heterocycles. The smallest absolute Gasteiger partial charge is 0.272 e. The molecule has 0 atom stereocenters. The van der Waals surface area contributed by atoms with E-state index in [1.54, 1.807) is 18.2 Å². The molecule has 2 amide bonds. The summed E-state index contributed by atoms with van der Waals surface area (Å²) in [4.78, 5) is 29.1. The molecule has 2 aromatic rings. The number of hydrogen-bond donors (Lipinski definition) is 1. The highest BCUT2D eigenvalue weighted by Gasteiger charge is 2.36. The molecular formula is C15H12ClN3O4S. The van der Waals surface area contributed by atoms with Crippen molar-refractivity contribution in [2.45, 2.75) is 4.90 Å². The van der Waals surface area contributed by atoms with Crippen LogP contribution in [0.3, 0.4) is 0 Å². The van der Waals surface area contributed by atoms with E-state index in [4.69, 9.17) is 11.6 Å². The number of nitrogens with one attached hydrogen (secondary N) is 1. The van der Waals surface area contributed by atoms with Crippen LogP contribution in [0.15, 0.2) is 47.5 Å². The van der Waals surface area contributed by atoms with E-state index in [-0.39, 0.29) is 34.3 Å². The van der Waals surface area contributed by atoms with Crippen LogP contribution in [0, 0.1) is 0 Å². The number of nitrogens with zero attached hydrogens (tertiary/aromatic N) is 2. The average Bonchev–Trinajstić information content (AvgIpc) is 2.80. The van der Waals surface area contributed by atoms with Gasteiger partial charge < -0.3 is 0 Å². The summed E-state index contributed by atoms with van der Waals surface area (Å²) >= 11 is 5.88. The monoisotopic (exact) mass is 365 g/mol. The van der Waals surface area contributed by atoms with Crippen LogP contribution in [0.25, 0.3) is 0 Å². The van der Waals surface area contributed by atoms with E-state index in [9.17, 15) is 18.0 Å². The van der Waals surface area contributed by atoms with Crippen LogP contribution in [0.2, 0.25) is 5.02 Å². The van der Waals surface area contributed by atoms with E-state index < -0.39 is 21.8 Å². The van der Waals surface area contributed by atoms with Gasteiger partial charge in [0, 0.05) is 19.3 Å². The summed E-state index contributed by atoms with van der Waals surface area (Å²) in [7, 11) is -3.83. The summed E-state index contributed by atoms with van der Waals surface area (Å²) in [5, 5.41) is 0.0925. The molecule has 1 aromatic carbocycles. The Morgan fingerprint density at radius 1 is 1.08 bits per heavy atom. The van der Waals surface area contributed by atoms with Gasteiger partial charge in [-0.25, -0.2) is 13.1 Å². The second-order valence-electron chi connectivity index (χ2n) is 4.99. The Labute approximate surface area is 143 Å². The van der Waals surface area contributed by atoms with E-state index >= 15 is 0 Å². The first-order valence-electron chi connectivity index (χ1n) is 6.97. The number of fused-ring (bicyclic) bond motifs is 1. The molecule has 124 valence electrons. The maximum Gasteiger partial charge on any atom is 0.280 e. The Morgan fingerprint density at radius 3 is 2.54 bits per heavy atom. The summed E-state index contributed by atoms with van der Waals surface area (Å²) in [6.07, 6.45) is 1.42. The molecular weight excluding hydrogens is 354 g/mol. The van der Waals surface area contributed by atoms with Gasteiger partial charge in [0.1, 0.15) is 10.6 Å². The van der Waals surface area contributed by atoms with Crippen LogP contribution >= 0.6 is 11.6 Å². The number of carbonyl (C=O) groups excluding carboxylic acids is 2. The van der Waals surface area contributed by atoms with Crippen molar-refractivity contribution in [3.8, 4) is 0 Å². The molecule has 0 aliphatic carbocycles. The third kappa shape index (κ3) is 2.91. The number of sulfonamides is 1. The van der Waals surface area contributed by atoms with Crippen molar-refractivity contribution < 1.29 is 18.0 Å². The molecule has 0 bridgehead atoms. The van der Waals surface area contributed by atoms with Gasteiger partial charge in [-0.15, -0.1) is 0 Å². The normalized spacial score (nSPS) is 14.1. The molecule has 0 spiro atoms. The Hall–Kier alpha value is -2.29. The largest absolute Gasteiger partial charge is 0.280 e. The number of aromatic nitrogens is 1. The molecule has 3 rings (SSSR count). The van der Waals surface area contributed by atoms with Crippen LogP contribution < -0.4 is 4.72 Å².